The molecule has 0 N–H and O–H groups in total. The van der Waals surface area contributed by atoms with Gasteiger partial charge in [-0.2, -0.15) is 15.0 Å². The second kappa shape index (κ2) is 23.3. The standard InChI is InChI=1S/C48H46Cl2N6O9/c1-2-3-8-22-60-46(57)34-17-11-14-31(25-34)40-51-43(63-54-40)37-28-38(44-52-41(55-64-44)32-15-12-18-35(26-32)47(58)61-23-9-4-6-20-49)30-39(29-37)45-53-42(56-65-45)33-16-13-19-36(27-33)48(59)62-24-10-5-7-21-50/h11-19,25-30H,2-10,20-24H2,1H3. The van der Waals surface area contributed by atoms with Gasteiger partial charge in [-0.25, -0.2) is 14.4 Å². The molecule has 0 aliphatic carbocycles. The number of aromatic nitrogens is 6. The van der Waals surface area contributed by atoms with Gasteiger partial charge in [-0.3, -0.25) is 0 Å². The van der Waals surface area contributed by atoms with Crippen LogP contribution in [0.2, 0.25) is 0 Å². The van der Waals surface area contributed by atoms with Crippen molar-refractivity contribution < 1.29 is 42.2 Å². The molecule has 0 atom stereocenters. The van der Waals surface area contributed by atoms with Crippen LogP contribution in [0.25, 0.3) is 68.5 Å². The Morgan fingerprint density at radius 3 is 1.11 bits per heavy atom. The Kier molecular flexibility index (Phi) is 16.6. The third-order valence-electron chi connectivity index (χ3n) is 10.0. The zero-order chi connectivity index (χ0) is 45.4. The molecular weight excluding hydrogens is 875 g/mol. The second-order valence-corrected chi connectivity index (χ2v) is 15.7. The van der Waals surface area contributed by atoms with E-state index in [2.05, 4.69) is 37.3 Å². The minimum Gasteiger partial charge on any atom is -0.462 e. The monoisotopic (exact) mass is 920 g/mol. The molecule has 15 nitrogen and oxygen atoms in total. The molecule has 4 aromatic carbocycles. The molecule has 7 aromatic rings. The van der Waals surface area contributed by atoms with Gasteiger partial charge in [0, 0.05) is 45.1 Å². The highest BCUT2D eigenvalue weighted by Crippen LogP contribution is 2.34. The number of alkyl halides is 2. The predicted octanol–water partition coefficient (Wildman–Crippen LogP) is 11.3. The van der Waals surface area contributed by atoms with Crippen LogP contribution < -0.4 is 0 Å². The fourth-order valence-corrected chi connectivity index (χ4v) is 6.95. The molecule has 0 radical (unpaired) electrons. The highest BCUT2D eigenvalue weighted by molar-refractivity contribution is 6.18. The minimum atomic E-state index is -0.466. The van der Waals surface area contributed by atoms with Gasteiger partial charge < -0.3 is 27.8 Å². The third-order valence-corrected chi connectivity index (χ3v) is 10.6. The molecular formula is C48H46Cl2N6O9. The van der Waals surface area contributed by atoms with Gasteiger partial charge in [0.25, 0.3) is 17.7 Å². The van der Waals surface area contributed by atoms with Gasteiger partial charge in [-0.1, -0.05) is 71.6 Å². The maximum atomic E-state index is 12.8. The fourth-order valence-electron chi connectivity index (χ4n) is 6.57. The van der Waals surface area contributed by atoms with Crippen molar-refractivity contribution in [2.75, 3.05) is 31.6 Å². The lowest BCUT2D eigenvalue weighted by Gasteiger charge is -2.05. The molecule has 3 heterocycles. The molecule has 65 heavy (non-hydrogen) atoms. The van der Waals surface area contributed by atoms with Crippen molar-refractivity contribution in [2.45, 2.75) is 64.7 Å². The summed E-state index contributed by atoms with van der Waals surface area (Å²) in [4.78, 5) is 52.5. The summed E-state index contributed by atoms with van der Waals surface area (Å²) in [5.74, 6) is 0.787. The van der Waals surface area contributed by atoms with Crippen LogP contribution in [-0.4, -0.2) is 79.9 Å². The average Bonchev–Trinajstić information content (AvgIpc) is 4.16. The van der Waals surface area contributed by atoms with Crippen molar-refractivity contribution in [3.63, 3.8) is 0 Å². The topological polar surface area (TPSA) is 196 Å². The number of esters is 3. The molecule has 0 saturated heterocycles. The van der Waals surface area contributed by atoms with Crippen molar-refractivity contribution in [3.05, 3.63) is 108 Å². The Balaban J connectivity index is 1.18. The zero-order valence-corrected chi connectivity index (χ0v) is 37.2. The molecule has 0 unspecified atom stereocenters. The molecule has 0 spiro atoms. The SMILES string of the molecule is CCCCCOC(=O)c1cccc(-c2noc(-c3cc(-c4nc(-c5cccc(C(=O)OCCCCCCl)c5)no4)cc(-c4nc(-c5cccc(C(=O)OCCCCCCl)c5)no4)c3)n2)c1. The van der Waals surface area contributed by atoms with E-state index in [-0.39, 0.29) is 48.4 Å². The van der Waals surface area contributed by atoms with Crippen LogP contribution in [-0.2, 0) is 14.2 Å². The Morgan fingerprint density at radius 1 is 0.446 bits per heavy atom. The number of carbonyl (C=O) groups excluding carboxylic acids is 3. The third kappa shape index (κ3) is 12.5. The average molecular weight is 922 g/mol. The molecule has 0 amide bonds. The largest absolute Gasteiger partial charge is 0.462 e. The first-order valence-corrected chi connectivity index (χ1v) is 22.5. The van der Waals surface area contributed by atoms with E-state index in [1.807, 2.05) is 0 Å². The molecule has 0 fully saturated rings. The summed E-state index contributed by atoms with van der Waals surface area (Å²) in [6.45, 7) is 2.98. The van der Waals surface area contributed by atoms with Gasteiger partial charge >= 0.3 is 17.9 Å². The molecule has 0 aliphatic heterocycles. The van der Waals surface area contributed by atoms with Crippen molar-refractivity contribution in [1.29, 1.82) is 0 Å². The number of unbranched alkanes of at least 4 members (excludes halogenated alkanes) is 6. The number of benzene rings is 4. The summed E-state index contributed by atoms with van der Waals surface area (Å²) in [5.41, 5.74) is 3.94. The number of ether oxygens (including phenoxy) is 3. The second-order valence-electron chi connectivity index (χ2n) is 14.9. The molecule has 0 bridgehead atoms. The summed E-state index contributed by atoms with van der Waals surface area (Å²) < 4.78 is 33.7. The number of carbonyl (C=O) groups is 3. The van der Waals surface area contributed by atoms with E-state index in [1.54, 1.807) is 91.0 Å². The first kappa shape index (κ1) is 46.3. The summed E-state index contributed by atoms with van der Waals surface area (Å²) >= 11 is 11.5. The van der Waals surface area contributed by atoms with Gasteiger partial charge in [-0.05, 0) is 99.5 Å². The van der Waals surface area contributed by atoms with Crippen LogP contribution in [0.4, 0.5) is 0 Å². The minimum absolute atomic E-state index is 0.119. The Bertz CT molecular complexity index is 2570. The fraction of sp³-hybridized carbons (Fsp3) is 0.312. The van der Waals surface area contributed by atoms with Crippen LogP contribution >= 0.6 is 23.2 Å². The highest BCUT2D eigenvalue weighted by atomic mass is 35.5. The molecule has 0 aliphatic rings. The predicted molar refractivity (Wildman–Crippen MR) is 242 cm³/mol. The quantitative estimate of drug-likeness (QED) is 0.0254. The van der Waals surface area contributed by atoms with Gasteiger partial charge in [0.05, 0.1) is 36.5 Å². The van der Waals surface area contributed by atoms with E-state index in [1.165, 1.54) is 0 Å². The van der Waals surface area contributed by atoms with Crippen LogP contribution in [0.5, 0.6) is 0 Å². The van der Waals surface area contributed by atoms with Gasteiger partial charge in [0.15, 0.2) is 0 Å². The van der Waals surface area contributed by atoms with E-state index < -0.39 is 17.9 Å². The Morgan fingerprint density at radius 2 is 0.785 bits per heavy atom. The van der Waals surface area contributed by atoms with Crippen LogP contribution in [0.1, 0.15) is 95.8 Å². The Labute approximate surface area is 384 Å². The van der Waals surface area contributed by atoms with Crippen LogP contribution in [0, 0.1) is 0 Å². The van der Waals surface area contributed by atoms with E-state index in [0.29, 0.717) is 81.3 Å². The number of hydrogen-bond acceptors (Lipinski definition) is 15. The van der Waals surface area contributed by atoms with E-state index in [4.69, 9.17) is 51.0 Å². The maximum Gasteiger partial charge on any atom is 0.338 e. The van der Waals surface area contributed by atoms with E-state index in [0.717, 1.165) is 44.9 Å². The molecule has 336 valence electrons. The highest BCUT2D eigenvalue weighted by Gasteiger charge is 2.22. The lowest BCUT2D eigenvalue weighted by molar-refractivity contribution is 0.0489. The molecule has 17 heteroatoms. The molecule has 7 rings (SSSR count). The zero-order valence-electron chi connectivity index (χ0n) is 35.7. The first-order valence-electron chi connectivity index (χ1n) is 21.5. The summed E-state index contributed by atoms with van der Waals surface area (Å²) in [5, 5.41) is 12.7. The number of nitrogens with zero attached hydrogens (tertiary/aromatic N) is 6. The lowest BCUT2D eigenvalue weighted by Crippen LogP contribution is -2.06. The summed E-state index contributed by atoms with van der Waals surface area (Å²) in [6.07, 6.45) is 7.62. The van der Waals surface area contributed by atoms with Crippen molar-refractivity contribution in [3.8, 4) is 68.5 Å². The summed E-state index contributed by atoms with van der Waals surface area (Å²) in [7, 11) is 0. The normalized spacial score (nSPS) is 11.1. The van der Waals surface area contributed by atoms with Gasteiger partial charge in [0.1, 0.15) is 0 Å². The van der Waals surface area contributed by atoms with Gasteiger partial charge in [-0.15, -0.1) is 23.2 Å². The number of rotatable bonds is 23. The molecule has 0 saturated carbocycles. The van der Waals surface area contributed by atoms with Crippen LogP contribution in [0.3, 0.4) is 0 Å². The van der Waals surface area contributed by atoms with E-state index >= 15 is 0 Å². The van der Waals surface area contributed by atoms with Crippen LogP contribution in [0.15, 0.2) is 105 Å². The van der Waals surface area contributed by atoms with Crippen molar-refractivity contribution in [1.82, 2.24) is 30.4 Å². The summed E-state index contributed by atoms with van der Waals surface area (Å²) in [6, 6.07) is 25.5. The lowest BCUT2D eigenvalue weighted by atomic mass is 10.0. The van der Waals surface area contributed by atoms with Crippen molar-refractivity contribution in [2.24, 2.45) is 0 Å². The van der Waals surface area contributed by atoms with Crippen molar-refractivity contribution >= 4 is 41.1 Å². The Hall–Kier alpha value is -6.71. The maximum absolute atomic E-state index is 12.8. The van der Waals surface area contributed by atoms with Gasteiger partial charge in [0.2, 0.25) is 17.5 Å². The number of halogens is 2. The smallest absolute Gasteiger partial charge is 0.338 e. The number of hydrogen-bond donors (Lipinski definition) is 0. The van der Waals surface area contributed by atoms with E-state index in [9.17, 15) is 14.4 Å². The molecule has 3 aromatic heterocycles. The first-order chi connectivity index (χ1) is 31.8.